The van der Waals surface area contributed by atoms with Crippen LogP contribution in [0.15, 0.2) is 72.9 Å². The van der Waals surface area contributed by atoms with E-state index < -0.39 is 6.10 Å². The Kier molecular flexibility index (Phi) is 57.8. The van der Waals surface area contributed by atoms with Crippen LogP contribution in [0, 0.1) is 0 Å². The van der Waals surface area contributed by atoms with Crippen LogP contribution in [0.1, 0.15) is 310 Å². The van der Waals surface area contributed by atoms with E-state index in [1.165, 1.54) is 161 Å². The lowest BCUT2D eigenvalue weighted by Gasteiger charge is -2.18. The number of hydrogen-bond donors (Lipinski definition) is 0. The van der Waals surface area contributed by atoms with Gasteiger partial charge in [0.15, 0.2) is 6.10 Å². The molecular formula is C66H116O6. The Morgan fingerprint density at radius 2 is 0.542 bits per heavy atom. The Balaban J connectivity index is 4.08. The predicted molar refractivity (Wildman–Crippen MR) is 311 cm³/mol. The maximum atomic E-state index is 12.8. The first-order valence-electron chi connectivity index (χ1n) is 30.9. The van der Waals surface area contributed by atoms with Crippen LogP contribution < -0.4 is 0 Å². The molecule has 0 aromatic heterocycles. The summed E-state index contributed by atoms with van der Waals surface area (Å²) in [6, 6.07) is 0. The number of ether oxygens (including phenoxy) is 3. The fraction of sp³-hybridized carbons (Fsp3) is 0.773. The van der Waals surface area contributed by atoms with Gasteiger partial charge in [0.25, 0.3) is 0 Å². The highest BCUT2D eigenvalue weighted by atomic mass is 16.6. The Morgan fingerprint density at radius 1 is 0.292 bits per heavy atom. The van der Waals surface area contributed by atoms with E-state index in [1.54, 1.807) is 0 Å². The molecule has 0 heterocycles. The maximum absolute atomic E-state index is 12.8. The van der Waals surface area contributed by atoms with E-state index >= 15 is 0 Å². The van der Waals surface area contributed by atoms with Crippen LogP contribution in [-0.4, -0.2) is 37.2 Å². The molecule has 416 valence electrons. The smallest absolute Gasteiger partial charge is 0.306 e. The molecule has 0 fully saturated rings. The molecule has 0 aromatic carbocycles. The molecule has 0 bridgehead atoms. The minimum absolute atomic E-state index is 0.0785. The van der Waals surface area contributed by atoms with E-state index in [2.05, 4.69) is 93.7 Å². The van der Waals surface area contributed by atoms with Gasteiger partial charge in [-0.25, -0.2) is 0 Å². The third kappa shape index (κ3) is 57.7. The van der Waals surface area contributed by atoms with Gasteiger partial charge in [-0.05, 0) is 70.6 Å². The fourth-order valence-corrected chi connectivity index (χ4v) is 8.86. The Bertz CT molecular complexity index is 1340. The van der Waals surface area contributed by atoms with Gasteiger partial charge in [-0.2, -0.15) is 0 Å². The van der Waals surface area contributed by atoms with Crippen molar-refractivity contribution in [3.63, 3.8) is 0 Å². The van der Waals surface area contributed by atoms with Crippen molar-refractivity contribution in [1.82, 2.24) is 0 Å². The molecule has 0 radical (unpaired) electrons. The number of hydrogen-bond acceptors (Lipinski definition) is 6. The third-order valence-electron chi connectivity index (χ3n) is 13.5. The SMILES string of the molecule is CC/C=C\C/C=C\C/C=C\C/C=C\C/C=C\C/C=C\CCCCCCCCC(=O)OCC(COC(=O)CCCCCCC)OC(=O)CCCCCCCCCCCCCCCCCCCCCCCCCC. The highest BCUT2D eigenvalue weighted by molar-refractivity contribution is 5.71. The summed E-state index contributed by atoms with van der Waals surface area (Å²) in [5, 5.41) is 0. The van der Waals surface area contributed by atoms with E-state index in [1.807, 2.05) is 0 Å². The summed E-state index contributed by atoms with van der Waals surface area (Å²) in [4.78, 5) is 37.9. The normalized spacial score (nSPS) is 12.5. The quantitative estimate of drug-likeness (QED) is 0.0261. The molecule has 1 unspecified atom stereocenters. The summed E-state index contributed by atoms with van der Waals surface area (Å²) in [7, 11) is 0. The van der Waals surface area contributed by atoms with Gasteiger partial charge in [0.2, 0.25) is 0 Å². The zero-order valence-electron chi connectivity index (χ0n) is 47.7. The van der Waals surface area contributed by atoms with Crippen molar-refractivity contribution in [2.45, 2.75) is 316 Å². The summed E-state index contributed by atoms with van der Waals surface area (Å²) in [6.45, 7) is 6.46. The Labute approximate surface area is 446 Å². The average molecular weight is 1010 g/mol. The van der Waals surface area contributed by atoms with Crippen molar-refractivity contribution in [2.24, 2.45) is 0 Å². The molecule has 6 nitrogen and oxygen atoms in total. The van der Waals surface area contributed by atoms with Gasteiger partial charge in [0, 0.05) is 19.3 Å². The van der Waals surface area contributed by atoms with Crippen LogP contribution in [-0.2, 0) is 28.6 Å². The van der Waals surface area contributed by atoms with E-state index in [0.717, 1.165) is 109 Å². The van der Waals surface area contributed by atoms with Gasteiger partial charge in [-0.3, -0.25) is 14.4 Å². The molecule has 0 aliphatic heterocycles. The fourth-order valence-electron chi connectivity index (χ4n) is 8.86. The summed E-state index contributed by atoms with van der Waals surface area (Å²) in [5.41, 5.74) is 0. The number of carbonyl (C=O) groups excluding carboxylic acids is 3. The van der Waals surface area contributed by atoms with Crippen molar-refractivity contribution in [2.75, 3.05) is 13.2 Å². The molecule has 0 aliphatic carbocycles. The van der Waals surface area contributed by atoms with Crippen molar-refractivity contribution < 1.29 is 28.6 Å². The highest BCUT2D eigenvalue weighted by Crippen LogP contribution is 2.17. The Morgan fingerprint density at radius 3 is 0.847 bits per heavy atom. The number of unbranched alkanes of at least 4 members (excludes halogenated alkanes) is 33. The first-order chi connectivity index (χ1) is 35.5. The summed E-state index contributed by atoms with van der Waals surface area (Å²) < 4.78 is 16.8. The highest BCUT2D eigenvalue weighted by Gasteiger charge is 2.19. The zero-order chi connectivity index (χ0) is 52.2. The molecule has 0 rings (SSSR count). The summed E-state index contributed by atoms with van der Waals surface area (Å²) >= 11 is 0. The van der Waals surface area contributed by atoms with Crippen LogP contribution in [0.25, 0.3) is 0 Å². The van der Waals surface area contributed by atoms with Gasteiger partial charge in [-0.1, -0.05) is 293 Å². The second kappa shape index (κ2) is 60.4. The molecule has 0 aromatic rings. The standard InChI is InChI=1S/C66H116O6/c1-4-7-10-13-15-17-19-21-23-25-27-29-31-33-35-36-38-40-42-44-46-48-50-53-56-59-65(68)71-62-63(61-70-64(67)58-55-52-12-9-6-3)72-66(69)60-57-54-51-49-47-45-43-41-39-37-34-32-30-28-26-24-22-20-18-16-14-11-8-5-2/h7,10,15,17,21,23,27,29,33,35,38,40,63H,4-6,8-9,11-14,16,18-20,22,24-26,28,30-32,34,36-37,39,41-62H2,1-3H3/b10-7-,17-15-,23-21-,29-27-,35-33-,40-38-. The number of carbonyl (C=O) groups is 3. The molecule has 0 spiro atoms. The van der Waals surface area contributed by atoms with Crippen LogP contribution in [0.5, 0.6) is 0 Å². The van der Waals surface area contributed by atoms with Crippen LogP contribution in [0.4, 0.5) is 0 Å². The number of allylic oxidation sites excluding steroid dienone is 12. The van der Waals surface area contributed by atoms with E-state index in [9.17, 15) is 14.4 Å². The zero-order valence-corrected chi connectivity index (χ0v) is 47.7. The molecule has 6 heteroatoms. The first kappa shape index (κ1) is 68.8. The molecule has 72 heavy (non-hydrogen) atoms. The molecule has 0 aliphatic rings. The van der Waals surface area contributed by atoms with Gasteiger partial charge in [-0.15, -0.1) is 0 Å². The number of esters is 3. The molecule has 0 N–H and O–H groups in total. The molecule has 0 amide bonds. The predicted octanol–water partition coefficient (Wildman–Crippen LogP) is 20.9. The largest absolute Gasteiger partial charge is 0.462 e. The minimum Gasteiger partial charge on any atom is -0.462 e. The van der Waals surface area contributed by atoms with Gasteiger partial charge >= 0.3 is 17.9 Å². The van der Waals surface area contributed by atoms with Gasteiger partial charge in [0.05, 0.1) is 0 Å². The third-order valence-corrected chi connectivity index (χ3v) is 13.5. The lowest BCUT2D eigenvalue weighted by Crippen LogP contribution is -2.30. The topological polar surface area (TPSA) is 78.9 Å². The monoisotopic (exact) mass is 1000 g/mol. The Hall–Kier alpha value is -3.15. The van der Waals surface area contributed by atoms with Gasteiger partial charge < -0.3 is 14.2 Å². The van der Waals surface area contributed by atoms with Crippen LogP contribution >= 0.6 is 0 Å². The molecule has 0 saturated carbocycles. The summed E-state index contributed by atoms with van der Waals surface area (Å²) in [5.74, 6) is -0.895. The maximum Gasteiger partial charge on any atom is 0.306 e. The van der Waals surface area contributed by atoms with Crippen LogP contribution in [0.3, 0.4) is 0 Å². The second-order valence-electron chi connectivity index (χ2n) is 20.6. The second-order valence-corrected chi connectivity index (χ2v) is 20.6. The van der Waals surface area contributed by atoms with E-state index in [4.69, 9.17) is 14.2 Å². The first-order valence-corrected chi connectivity index (χ1v) is 30.9. The van der Waals surface area contributed by atoms with Crippen molar-refractivity contribution in [1.29, 1.82) is 0 Å². The number of rotatable bonds is 56. The lowest BCUT2D eigenvalue weighted by molar-refractivity contribution is -0.167. The van der Waals surface area contributed by atoms with Crippen molar-refractivity contribution in [3.05, 3.63) is 72.9 Å². The van der Waals surface area contributed by atoms with E-state index in [0.29, 0.717) is 19.3 Å². The molecular weight excluding hydrogens is 889 g/mol. The molecule has 0 saturated heterocycles. The van der Waals surface area contributed by atoms with E-state index in [-0.39, 0.29) is 31.1 Å². The van der Waals surface area contributed by atoms with Gasteiger partial charge in [0.1, 0.15) is 13.2 Å². The minimum atomic E-state index is -0.777. The molecule has 1 atom stereocenters. The lowest BCUT2D eigenvalue weighted by atomic mass is 10.0. The van der Waals surface area contributed by atoms with Crippen molar-refractivity contribution >= 4 is 17.9 Å². The van der Waals surface area contributed by atoms with Crippen LogP contribution in [0.2, 0.25) is 0 Å². The van der Waals surface area contributed by atoms with Crippen molar-refractivity contribution in [3.8, 4) is 0 Å². The average Bonchev–Trinajstić information content (AvgIpc) is 3.38. The summed E-state index contributed by atoms with van der Waals surface area (Å²) in [6.07, 6.45) is 78.1.